The second-order valence-electron chi connectivity index (χ2n) is 13.8. The summed E-state index contributed by atoms with van der Waals surface area (Å²) in [5.41, 5.74) is 6.27. The van der Waals surface area contributed by atoms with Gasteiger partial charge in [0.25, 0.3) is 5.91 Å². The van der Waals surface area contributed by atoms with E-state index < -0.39 is 23.9 Å². The van der Waals surface area contributed by atoms with Crippen molar-refractivity contribution in [3.8, 4) is 33.6 Å². The van der Waals surface area contributed by atoms with Gasteiger partial charge in [-0.1, -0.05) is 78.9 Å². The first-order valence-corrected chi connectivity index (χ1v) is 17.7. The summed E-state index contributed by atoms with van der Waals surface area (Å²) < 4.78 is 0. The number of aromatic amines is 2. The molecule has 272 valence electrons. The summed E-state index contributed by atoms with van der Waals surface area (Å²) in [5, 5.41) is 9.76. The molecule has 13 nitrogen and oxygen atoms in total. The topological polar surface area (TPSA) is 159 Å². The normalized spacial score (nSPS) is 17.5. The second kappa shape index (κ2) is 14.8. The van der Waals surface area contributed by atoms with Crippen molar-refractivity contribution in [3.63, 3.8) is 0 Å². The molecule has 0 spiro atoms. The summed E-state index contributed by atoms with van der Waals surface area (Å²) in [4.78, 5) is 72.7. The van der Waals surface area contributed by atoms with E-state index in [0.717, 1.165) is 64.2 Å². The van der Waals surface area contributed by atoms with Crippen LogP contribution in [0.15, 0.2) is 91.3 Å². The van der Waals surface area contributed by atoms with Gasteiger partial charge in [-0.2, -0.15) is 0 Å². The van der Waals surface area contributed by atoms with Crippen LogP contribution in [0.4, 0.5) is 4.79 Å². The van der Waals surface area contributed by atoms with Gasteiger partial charge < -0.3 is 29.8 Å². The van der Waals surface area contributed by atoms with Crippen molar-refractivity contribution >= 4 is 23.8 Å². The maximum atomic E-state index is 13.9. The minimum Gasteiger partial charge on any atom is -0.465 e. The largest absolute Gasteiger partial charge is 0.465 e. The number of nitrogens with one attached hydrogen (secondary N) is 2. The van der Waals surface area contributed by atoms with Crippen LogP contribution in [0.25, 0.3) is 33.6 Å². The van der Waals surface area contributed by atoms with Crippen molar-refractivity contribution < 1.29 is 24.3 Å². The van der Waals surface area contributed by atoms with Crippen LogP contribution in [-0.4, -0.2) is 103 Å². The Kier molecular flexibility index (Phi) is 9.81. The number of H-pyrrole nitrogens is 2. The molecule has 3 aromatic carbocycles. The minimum absolute atomic E-state index is 0.263. The van der Waals surface area contributed by atoms with E-state index >= 15 is 0 Å². The van der Waals surface area contributed by atoms with Crippen molar-refractivity contribution in [2.75, 3.05) is 34.2 Å². The Morgan fingerprint density at radius 2 is 1.17 bits per heavy atom. The molecule has 2 aliphatic heterocycles. The molecule has 4 heterocycles. The molecule has 53 heavy (non-hydrogen) atoms. The van der Waals surface area contributed by atoms with Gasteiger partial charge >= 0.3 is 17.9 Å². The fraction of sp³-hybridized carbons (Fsp3) is 0.300. The van der Waals surface area contributed by atoms with Crippen molar-refractivity contribution in [2.24, 2.45) is 0 Å². The molecule has 2 aliphatic rings. The number of carboxylic acid groups (broad SMARTS) is 1. The Balaban J connectivity index is 1.03. The third-order valence-corrected chi connectivity index (χ3v) is 10.2. The molecular formula is C40H42N8O5. The average molecular weight is 715 g/mol. The molecule has 0 aliphatic carbocycles. The van der Waals surface area contributed by atoms with Gasteiger partial charge in [0.15, 0.2) is 0 Å². The van der Waals surface area contributed by atoms with E-state index in [0.29, 0.717) is 30.3 Å². The number of carbonyl (C=O) groups excluding carboxylic acids is 3. The SMILES string of the molecule is CN(C)C(=O)C(=O)N1CCC[C@H]1c1ncc(-c2ccc(-c3ccc(-c4cnc([C@@H]5CCCN5C(=O)[C@@H](c5ccccc5)N(C)C(=O)O)[nH]4)cc3)cc2)[nH]1. The smallest absolute Gasteiger partial charge is 0.407 e. The van der Waals surface area contributed by atoms with Crippen molar-refractivity contribution in [2.45, 2.75) is 43.8 Å². The molecule has 0 bridgehead atoms. The number of aromatic nitrogens is 4. The molecule has 5 aromatic rings. The van der Waals surface area contributed by atoms with Crippen LogP contribution >= 0.6 is 0 Å². The Morgan fingerprint density at radius 3 is 1.66 bits per heavy atom. The van der Waals surface area contributed by atoms with E-state index in [-0.39, 0.29) is 18.0 Å². The number of likely N-dealkylation sites (N-methyl/N-ethyl adjacent to an activating group) is 2. The highest BCUT2D eigenvalue weighted by Gasteiger charge is 2.39. The molecule has 2 aromatic heterocycles. The molecule has 7 rings (SSSR count). The predicted octanol–water partition coefficient (Wildman–Crippen LogP) is 5.90. The summed E-state index contributed by atoms with van der Waals surface area (Å²) in [6.07, 6.45) is 5.44. The van der Waals surface area contributed by atoms with E-state index in [2.05, 4.69) is 44.2 Å². The highest BCUT2D eigenvalue weighted by atomic mass is 16.4. The summed E-state index contributed by atoms with van der Waals surface area (Å²) in [7, 11) is 4.58. The van der Waals surface area contributed by atoms with Gasteiger partial charge in [0.1, 0.15) is 17.7 Å². The van der Waals surface area contributed by atoms with Gasteiger partial charge in [-0.15, -0.1) is 0 Å². The third kappa shape index (κ3) is 7.02. The number of amides is 4. The van der Waals surface area contributed by atoms with Crippen LogP contribution in [0, 0.1) is 0 Å². The first-order chi connectivity index (χ1) is 25.6. The van der Waals surface area contributed by atoms with Gasteiger partial charge in [-0.25, -0.2) is 14.8 Å². The van der Waals surface area contributed by atoms with Crippen LogP contribution in [-0.2, 0) is 14.4 Å². The molecule has 2 saturated heterocycles. The zero-order chi connectivity index (χ0) is 37.2. The van der Waals surface area contributed by atoms with E-state index in [1.54, 1.807) is 60.6 Å². The van der Waals surface area contributed by atoms with E-state index in [1.807, 2.05) is 30.3 Å². The van der Waals surface area contributed by atoms with Crippen LogP contribution in [0.5, 0.6) is 0 Å². The number of nitrogens with zero attached hydrogens (tertiary/aromatic N) is 6. The molecule has 0 saturated carbocycles. The Morgan fingerprint density at radius 1 is 0.698 bits per heavy atom. The molecule has 0 unspecified atom stereocenters. The Bertz CT molecular complexity index is 2110. The quantitative estimate of drug-likeness (QED) is 0.169. The van der Waals surface area contributed by atoms with Crippen molar-refractivity contribution in [3.05, 3.63) is 108 Å². The highest BCUT2D eigenvalue weighted by Crippen LogP contribution is 2.36. The predicted molar refractivity (Wildman–Crippen MR) is 198 cm³/mol. The van der Waals surface area contributed by atoms with Crippen molar-refractivity contribution in [1.29, 1.82) is 0 Å². The molecule has 3 N–H and O–H groups in total. The van der Waals surface area contributed by atoms with Gasteiger partial charge in [0.05, 0.1) is 35.9 Å². The zero-order valence-electron chi connectivity index (χ0n) is 29.9. The maximum absolute atomic E-state index is 13.9. The summed E-state index contributed by atoms with van der Waals surface area (Å²) in [6, 6.07) is 23.8. The Labute approximate surface area is 307 Å². The van der Waals surface area contributed by atoms with Gasteiger partial charge in [0.2, 0.25) is 0 Å². The monoisotopic (exact) mass is 714 g/mol. The van der Waals surface area contributed by atoms with Gasteiger partial charge in [-0.3, -0.25) is 19.3 Å². The lowest BCUT2D eigenvalue weighted by molar-refractivity contribution is -0.151. The Hall–Kier alpha value is -6.24. The molecule has 0 radical (unpaired) electrons. The lowest BCUT2D eigenvalue weighted by atomic mass is 10.0. The van der Waals surface area contributed by atoms with E-state index in [4.69, 9.17) is 0 Å². The number of carbonyl (C=O) groups is 4. The fourth-order valence-electron chi connectivity index (χ4n) is 7.35. The standard InChI is InChI=1S/C40H42N8O5/c1-45(2)38(50)39(51)48-22-8-12-33(48)36-42-24-31(44-36)28-19-15-26(16-20-28)25-13-17-27(18-14-25)30-23-41-35(43-30)32-11-7-21-47(32)37(49)34(46(3)40(52)53)29-9-5-4-6-10-29/h4-6,9-10,13-20,23-24,32-34H,7-8,11-12,21-22H2,1-3H3,(H,41,43)(H,42,44)(H,52,53)/t32-,33-,34+/m0/s1. The number of benzene rings is 3. The average Bonchev–Trinajstić information content (AvgIpc) is 4.01. The number of hydrogen-bond acceptors (Lipinski definition) is 6. The molecule has 3 atom stereocenters. The molecule has 4 amide bonds. The first kappa shape index (κ1) is 35.2. The summed E-state index contributed by atoms with van der Waals surface area (Å²) in [6.45, 7) is 1.04. The van der Waals surface area contributed by atoms with Crippen molar-refractivity contribution in [1.82, 2.24) is 39.5 Å². The second-order valence-corrected chi connectivity index (χ2v) is 13.8. The van der Waals surface area contributed by atoms with Gasteiger partial charge in [-0.05, 0) is 53.5 Å². The lowest BCUT2D eigenvalue weighted by Gasteiger charge is -2.32. The lowest BCUT2D eigenvalue weighted by Crippen LogP contribution is -2.43. The number of likely N-dealkylation sites (tertiary alicyclic amines) is 2. The number of imidazole rings is 2. The molecule has 13 heteroatoms. The van der Waals surface area contributed by atoms with Gasteiger partial charge in [0, 0.05) is 34.2 Å². The third-order valence-electron chi connectivity index (χ3n) is 10.2. The minimum atomic E-state index is -1.17. The summed E-state index contributed by atoms with van der Waals surface area (Å²) in [5.74, 6) is 0.0357. The molecule has 2 fully saturated rings. The number of hydrogen-bond donors (Lipinski definition) is 3. The molecular weight excluding hydrogens is 672 g/mol. The van der Waals surface area contributed by atoms with Crippen LogP contribution in [0.2, 0.25) is 0 Å². The summed E-state index contributed by atoms with van der Waals surface area (Å²) >= 11 is 0. The first-order valence-electron chi connectivity index (χ1n) is 17.7. The number of rotatable bonds is 8. The fourth-order valence-corrected chi connectivity index (χ4v) is 7.35. The van der Waals surface area contributed by atoms with Crippen LogP contribution < -0.4 is 0 Å². The van der Waals surface area contributed by atoms with Crippen LogP contribution in [0.3, 0.4) is 0 Å². The maximum Gasteiger partial charge on any atom is 0.407 e. The highest BCUT2D eigenvalue weighted by molar-refractivity contribution is 6.34. The van der Waals surface area contributed by atoms with E-state index in [1.165, 1.54) is 11.9 Å². The zero-order valence-corrected chi connectivity index (χ0v) is 29.9. The van der Waals surface area contributed by atoms with Crippen LogP contribution in [0.1, 0.15) is 61.0 Å². The van der Waals surface area contributed by atoms with E-state index in [9.17, 15) is 24.3 Å².